The Labute approximate surface area is 191 Å². The van der Waals surface area contributed by atoms with Crippen LogP contribution in [0.5, 0.6) is 0 Å². The van der Waals surface area contributed by atoms with Crippen LogP contribution in [0.25, 0.3) is 10.9 Å². The molecule has 4 rings (SSSR count). The number of hydrogen-bond acceptors (Lipinski definition) is 3. The molecule has 2 amide bonds. The van der Waals surface area contributed by atoms with E-state index in [1.54, 1.807) is 42.3 Å². The summed E-state index contributed by atoms with van der Waals surface area (Å²) in [5, 5.41) is 3.32. The van der Waals surface area contributed by atoms with Crippen molar-refractivity contribution >= 4 is 22.6 Å². The van der Waals surface area contributed by atoms with E-state index >= 15 is 0 Å². The molecule has 0 saturated carbocycles. The minimum Gasteiger partial charge on any atom is -0.310 e. The highest BCUT2D eigenvalue weighted by Gasteiger charge is 2.28. The lowest BCUT2D eigenvalue weighted by Crippen LogP contribution is -2.40. The van der Waals surface area contributed by atoms with E-state index in [4.69, 9.17) is 4.98 Å². The number of fused-ring (bicyclic) bond motifs is 1. The number of aromatic nitrogens is 2. The highest BCUT2D eigenvalue weighted by molar-refractivity contribution is 5.89. The number of hydrogen-bond donors (Lipinski definition) is 1. The van der Waals surface area contributed by atoms with E-state index in [0.29, 0.717) is 35.4 Å². The molecule has 0 aliphatic carbocycles. The van der Waals surface area contributed by atoms with Crippen molar-refractivity contribution in [2.45, 2.75) is 25.9 Å². The molecule has 1 N–H and O–H groups in total. The molecule has 4 aromatic rings. The molecule has 0 saturated heterocycles. The van der Waals surface area contributed by atoms with E-state index in [2.05, 4.69) is 5.32 Å². The van der Waals surface area contributed by atoms with Gasteiger partial charge in [-0.15, -0.1) is 0 Å². The minimum atomic E-state index is -0.485. The maximum absolute atomic E-state index is 13.7. The van der Waals surface area contributed by atoms with Crippen LogP contribution < -0.4 is 10.9 Å². The number of anilines is 1. The van der Waals surface area contributed by atoms with Crippen LogP contribution in [-0.4, -0.2) is 20.5 Å². The van der Waals surface area contributed by atoms with Crippen molar-refractivity contribution in [2.75, 3.05) is 5.32 Å². The summed E-state index contributed by atoms with van der Waals surface area (Å²) in [4.78, 5) is 32.8. The Bertz CT molecular complexity index is 1340. The Kier molecular flexibility index (Phi) is 6.49. The molecule has 7 heteroatoms. The van der Waals surface area contributed by atoms with Crippen LogP contribution in [0.2, 0.25) is 0 Å². The van der Waals surface area contributed by atoms with Crippen molar-refractivity contribution < 1.29 is 9.18 Å². The lowest BCUT2D eigenvalue weighted by atomic mass is 10.1. The highest BCUT2D eigenvalue weighted by Crippen LogP contribution is 2.26. The molecule has 6 nitrogen and oxygen atoms in total. The van der Waals surface area contributed by atoms with Crippen molar-refractivity contribution in [3.63, 3.8) is 0 Å². The fourth-order valence-corrected chi connectivity index (χ4v) is 3.94. The van der Waals surface area contributed by atoms with E-state index in [0.717, 1.165) is 5.56 Å². The van der Waals surface area contributed by atoms with E-state index in [-0.39, 0.29) is 5.56 Å². The molecule has 1 aromatic heterocycles. The SMILES string of the molecule is CCC(c1nc2ccccc2c(=O)n1C)N(Cc1ccccc1)C(=O)Nc1cccc(F)c1. The molecule has 1 atom stereocenters. The number of nitrogens with zero attached hydrogens (tertiary/aromatic N) is 3. The number of benzene rings is 3. The van der Waals surface area contributed by atoms with Gasteiger partial charge in [0.2, 0.25) is 0 Å². The number of halogens is 1. The van der Waals surface area contributed by atoms with E-state index < -0.39 is 17.9 Å². The molecule has 0 radical (unpaired) electrons. The number of para-hydroxylation sites is 1. The Morgan fingerprint density at radius 1 is 1.06 bits per heavy atom. The Hall–Kier alpha value is -4.00. The van der Waals surface area contributed by atoms with E-state index in [1.807, 2.05) is 43.3 Å². The first kappa shape index (κ1) is 22.2. The average molecular weight is 445 g/mol. The zero-order valence-electron chi connectivity index (χ0n) is 18.5. The Morgan fingerprint density at radius 2 is 1.79 bits per heavy atom. The standard InChI is InChI=1S/C26H25FN4O2/c1-3-23(24-29-22-15-8-7-14-21(22)25(32)30(24)2)31(17-18-10-5-4-6-11-18)26(33)28-20-13-9-12-19(27)16-20/h4-16,23H,3,17H2,1-2H3,(H,28,33). The van der Waals surface area contributed by atoms with Crippen LogP contribution >= 0.6 is 0 Å². The lowest BCUT2D eigenvalue weighted by molar-refractivity contribution is 0.176. The topological polar surface area (TPSA) is 67.2 Å². The number of rotatable bonds is 6. The van der Waals surface area contributed by atoms with Crippen molar-refractivity contribution in [1.82, 2.24) is 14.5 Å². The van der Waals surface area contributed by atoms with Crippen molar-refractivity contribution in [3.8, 4) is 0 Å². The second kappa shape index (κ2) is 9.65. The quantitative estimate of drug-likeness (QED) is 0.441. The molecule has 0 aliphatic rings. The predicted octanol–water partition coefficient (Wildman–Crippen LogP) is 5.26. The van der Waals surface area contributed by atoms with Crippen LogP contribution in [0.1, 0.15) is 30.8 Å². The summed E-state index contributed by atoms with van der Waals surface area (Å²) < 4.78 is 15.2. The van der Waals surface area contributed by atoms with Gasteiger partial charge in [-0.2, -0.15) is 0 Å². The van der Waals surface area contributed by atoms with Gasteiger partial charge in [0.15, 0.2) is 0 Å². The monoisotopic (exact) mass is 444 g/mol. The largest absolute Gasteiger partial charge is 0.322 e. The van der Waals surface area contributed by atoms with Gasteiger partial charge in [-0.25, -0.2) is 14.2 Å². The molecule has 0 spiro atoms. The minimum absolute atomic E-state index is 0.167. The van der Waals surface area contributed by atoms with Crippen molar-refractivity contribution in [3.05, 3.63) is 106 Å². The summed E-state index contributed by atoms with van der Waals surface area (Å²) in [5.74, 6) is 0.0552. The van der Waals surface area contributed by atoms with Gasteiger partial charge in [-0.05, 0) is 42.3 Å². The summed E-state index contributed by atoms with van der Waals surface area (Å²) >= 11 is 0. The van der Waals surface area contributed by atoms with Crippen molar-refractivity contribution in [2.24, 2.45) is 7.05 Å². The van der Waals surface area contributed by atoms with E-state index in [1.165, 1.54) is 16.7 Å². The maximum Gasteiger partial charge on any atom is 0.322 e. The summed E-state index contributed by atoms with van der Waals surface area (Å²) in [6, 6.07) is 21.6. The zero-order chi connectivity index (χ0) is 23.4. The number of urea groups is 1. The molecule has 33 heavy (non-hydrogen) atoms. The first-order valence-electron chi connectivity index (χ1n) is 10.8. The molecule has 1 unspecified atom stereocenters. The van der Waals surface area contributed by atoms with Gasteiger partial charge in [-0.1, -0.05) is 55.5 Å². The predicted molar refractivity (Wildman–Crippen MR) is 127 cm³/mol. The molecular formula is C26H25FN4O2. The summed E-state index contributed by atoms with van der Waals surface area (Å²) in [5.41, 5.74) is 1.70. The first-order valence-corrected chi connectivity index (χ1v) is 10.8. The highest BCUT2D eigenvalue weighted by atomic mass is 19.1. The summed E-state index contributed by atoms with van der Waals surface area (Å²) in [6.45, 7) is 2.24. The van der Waals surface area contributed by atoms with Gasteiger partial charge < -0.3 is 10.2 Å². The Balaban J connectivity index is 1.77. The fourth-order valence-electron chi connectivity index (χ4n) is 3.94. The second-order valence-corrected chi connectivity index (χ2v) is 7.83. The summed E-state index contributed by atoms with van der Waals surface area (Å²) in [7, 11) is 1.67. The zero-order valence-corrected chi connectivity index (χ0v) is 18.5. The summed E-state index contributed by atoms with van der Waals surface area (Å²) in [6.07, 6.45) is 0.530. The van der Waals surface area contributed by atoms with Gasteiger partial charge in [0, 0.05) is 19.3 Å². The smallest absolute Gasteiger partial charge is 0.310 e. The molecular weight excluding hydrogens is 419 g/mol. The normalized spacial score (nSPS) is 11.8. The van der Waals surface area contributed by atoms with Crippen LogP contribution in [0.15, 0.2) is 83.7 Å². The number of carbonyl (C=O) groups is 1. The average Bonchev–Trinajstić information content (AvgIpc) is 2.82. The molecule has 0 fully saturated rings. The lowest BCUT2D eigenvalue weighted by Gasteiger charge is -2.32. The number of amides is 2. The number of carbonyl (C=O) groups excluding carboxylic acids is 1. The molecule has 3 aromatic carbocycles. The molecule has 168 valence electrons. The van der Waals surface area contributed by atoms with E-state index in [9.17, 15) is 14.0 Å². The second-order valence-electron chi connectivity index (χ2n) is 7.83. The third-order valence-electron chi connectivity index (χ3n) is 5.61. The third kappa shape index (κ3) is 4.77. The van der Waals surface area contributed by atoms with Gasteiger partial charge in [0.1, 0.15) is 11.6 Å². The number of nitrogens with one attached hydrogen (secondary N) is 1. The van der Waals surface area contributed by atoms with Crippen LogP contribution in [0.3, 0.4) is 0 Å². The van der Waals surface area contributed by atoms with Crippen LogP contribution in [-0.2, 0) is 13.6 Å². The van der Waals surface area contributed by atoms with Gasteiger partial charge >= 0.3 is 6.03 Å². The van der Waals surface area contributed by atoms with Crippen LogP contribution in [0, 0.1) is 5.82 Å². The first-order chi connectivity index (χ1) is 16.0. The molecule has 1 heterocycles. The molecule has 0 bridgehead atoms. The van der Waals surface area contributed by atoms with Crippen molar-refractivity contribution in [1.29, 1.82) is 0 Å². The van der Waals surface area contributed by atoms with Gasteiger partial charge in [0.05, 0.1) is 16.9 Å². The fraction of sp³-hybridized carbons (Fsp3) is 0.192. The maximum atomic E-state index is 13.7. The third-order valence-corrected chi connectivity index (χ3v) is 5.61. The van der Waals surface area contributed by atoms with Gasteiger partial charge in [0.25, 0.3) is 5.56 Å². The van der Waals surface area contributed by atoms with Gasteiger partial charge in [-0.3, -0.25) is 9.36 Å². The Morgan fingerprint density at radius 3 is 2.52 bits per heavy atom. The molecule has 0 aliphatic heterocycles. The van der Waals surface area contributed by atoms with Crippen LogP contribution in [0.4, 0.5) is 14.9 Å².